The minimum atomic E-state index is -0.406. The van der Waals surface area contributed by atoms with Crippen LogP contribution in [-0.4, -0.2) is 52.5 Å². The molecule has 7 nitrogen and oxygen atoms in total. The number of benzene rings is 1. The quantitative estimate of drug-likeness (QED) is 0.746. The Labute approximate surface area is 193 Å². The van der Waals surface area contributed by atoms with Crippen molar-refractivity contribution in [3.8, 4) is 5.75 Å². The maximum atomic E-state index is 13.3. The number of hydrogen-bond acceptors (Lipinski definition) is 6. The van der Waals surface area contributed by atoms with Crippen molar-refractivity contribution >= 4 is 23.3 Å². The monoisotopic (exact) mass is 456 g/mol. The second kappa shape index (κ2) is 10.4. The SMILES string of the molecule is CCc1nnsc1C(=O)N1CCC2(CCCCCc3ccccc3OCCNC2=O)CC1. The van der Waals surface area contributed by atoms with E-state index in [1.54, 1.807) is 0 Å². The van der Waals surface area contributed by atoms with Gasteiger partial charge in [-0.25, -0.2) is 0 Å². The van der Waals surface area contributed by atoms with E-state index in [1.807, 2.05) is 24.0 Å². The van der Waals surface area contributed by atoms with Gasteiger partial charge in [0.1, 0.15) is 17.2 Å². The zero-order valence-electron chi connectivity index (χ0n) is 18.8. The Balaban J connectivity index is 1.40. The molecule has 0 saturated carbocycles. The van der Waals surface area contributed by atoms with E-state index >= 15 is 0 Å². The fourth-order valence-electron chi connectivity index (χ4n) is 4.79. The van der Waals surface area contributed by atoms with Gasteiger partial charge in [-0.3, -0.25) is 9.59 Å². The van der Waals surface area contributed by atoms with Gasteiger partial charge in [-0.2, -0.15) is 0 Å². The fraction of sp³-hybridized carbons (Fsp3) is 0.583. The molecule has 2 aliphatic heterocycles. The predicted octanol–water partition coefficient (Wildman–Crippen LogP) is 3.63. The first kappa shape index (κ1) is 22.7. The summed E-state index contributed by atoms with van der Waals surface area (Å²) < 4.78 is 9.91. The van der Waals surface area contributed by atoms with E-state index in [9.17, 15) is 9.59 Å². The molecule has 2 amide bonds. The van der Waals surface area contributed by atoms with Crippen LogP contribution in [0.4, 0.5) is 0 Å². The molecule has 1 N–H and O–H groups in total. The number of ether oxygens (including phenoxy) is 1. The summed E-state index contributed by atoms with van der Waals surface area (Å²) in [6.45, 7) is 4.12. The molecule has 4 rings (SSSR count). The first-order valence-corrected chi connectivity index (χ1v) is 12.5. The summed E-state index contributed by atoms with van der Waals surface area (Å²) in [7, 11) is 0. The standard InChI is InChI=1S/C24H32N4O3S/c1-2-19-21(32-27-26-19)22(29)28-15-12-24(13-16-28)11-7-3-4-8-18-9-5-6-10-20(18)31-17-14-25-23(24)30/h5-6,9-10H,2-4,7-8,11-17H2,1H3,(H,25,30). The number of nitrogens with one attached hydrogen (secondary N) is 1. The normalized spacial score (nSPS) is 19.7. The Hall–Kier alpha value is -2.48. The largest absolute Gasteiger partial charge is 0.491 e. The van der Waals surface area contributed by atoms with E-state index < -0.39 is 5.41 Å². The van der Waals surface area contributed by atoms with Crippen molar-refractivity contribution in [2.45, 2.75) is 58.3 Å². The summed E-state index contributed by atoms with van der Waals surface area (Å²) in [5.74, 6) is 1.03. The molecule has 1 saturated heterocycles. The summed E-state index contributed by atoms with van der Waals surface area (Å²) in [6.07, 6.45) is 7.13. The lowest BCUT2D eigenvalue weighted by molar-refractivity contribution is -0.134. The average Bonchev–Trinajstić information content (AvgIpc) is 3.31. The number of nitrogens with zero attached hydrogens (tertiary/aromatic N) is 3. The van der Waals surface area contributed by atoms with Crippen molar-refractivity contribution in [2.75, 3.05) is 26.2 Å². The topological polar surface area (TPSA) is 84.4 Å². The van der Waals surface area contributed by atoms with Crippen LogP contribution in [0.2, 0.25) is 0 Å². The predicted molar refractivity (Wildman–Crippen MR) is 124 cm³/mol. The van der Waals surface area contributed by atoms with E-state index in [0.29, 0.717) is 50.4 Å². The highest BCUT2D eigenvalue weighted by atomic mass is 32.1. The third kappa shape index (κ3) is 4.95. The Morgan fingerprint density at radius 1 is 1.19 bits per heavy atom. The highest BCUT2D eigenvalue weighted by Gasteiger charge is 2.42. The van der Waals surface area contributed by atoms with Gasteiger partial charge >= 0.3 is 0 Å². The second-order valence-electron chi connectivity index (χ2n) is 8.75. The number of aromatic nitrogens is 2. The third-order valence-electron chi connectivity index (χ3n) is 6.79. The molecule has 0 unspecified atom stereocenters. The summed E-state index contributed by atoms with van der Waals surface area (Å²) in [6, 6.07) is 8.18. The minimum absolute atomic E-state index is 0.00270. The molecule has 2 aromatic rings. The number of carbonyl (C=O) groups is 2. The molecule has 0 atom stereocenters. The van der Waals surface area contributed by atoms with Gasteiger partial charge in [0.2, 0.25) is 5.91 Å². The molecule has 0 bridgehead atoms. The van der Waals surface area contributed by atoms with E-state index in [4.69, 9.17) is 4.74 Å². The molecule has 1 aromatic heterocycles. The van der Waals surface area contributed by atoms with Gasteiger partial charge in [-0.05, 0) is 61.7 Å². The molecule has 2 aliphatic rings. The maximum absolute atomic E-state index is 13.3. The molecule has 3 heterocycles. The average molecular weight is 457 g/mol. The van der Waals surface area contributed by atoms with Crippen LogP contribution in [0, 0.1) is 5.41 Å². The van der Waals surface area contributed by atoms with Crippen LogP contribution in [-0.2, 0) is 17.6 Å². The lowest BCUT2D eigenvalue weighted by atomic mass is 9.73. The van der Waals surface area contributed by atoms with E-state index in [1.165, 1.54) is 17.1 Å². The van der Waals surface area contributed by atoms with Gasteiger partial charge in [-0.15, -0.1) is 5.10 Å². The van der Waals surface area contributed by atoms with Gasteiger partial charge in [0, 0.05) is 13.1 Å². The maximum Gasteiger partial charge on any atom is 0.267 e. The van der Waals surface area contributed by atoms with Gasteiger partial charge < -0.3 is 15.0 Å². The van der Waals surface area contributed by atoms with Gasteiger partial charge in [0.15, 0.2) is 0 Å². The first-order chi connectivity index (χ1) is 15.6. The van der Waals surface area contributed by atoms with Gasteiger partial charge in [0.25, 0.3) is 5.91 Å². The molecule has 0 aliphatic carbocycles. The van der Waals surface area contributed by atoms with Crippen LogP contribution in [0.3, 0.4) is 0 Å². The van der Waals surface area contributed by atoms with Gasteiger partial charge in [0.05, 0.1) is 17.7 Å². The lowest BCUT2D eigenvalue weighted by Crippen LogP contribution is -2.50. The smallest absolute Gasteiger partial charge is 0.267 e. The lowest BCUT2D eigenvalue weighted by Gasteiger charge is -2.40. The Morgan fingerprint density at radius 2 is 2.00 bits per heavy atom. The van der Waals surface area contributed by atoms with E-state index in [0.717, 1.165) is 43.5 Å². The molecule has 32 heavy (non-hydrogen) atoms. The highest BCUT2D eigenvalue weighted by Crippen LogP contribution is 2.38. The minimum Gasteiger partial charge on any atom is -0.491 e. The number of piperidine rings is 1. The molecule has 8 heteroatoms. The summed E-state index contributed by atoms with van der Waals surface area (Å²) in [5.41, 5.74) is 1.60. The second-order valence-corrected chi connectivity index (χ2v) is 9.50. The van der Waals surface area contributed by atoms with Crippen LogP contribution >= 0.6 is 11.5 Å². The van der Waals surface area contributed by atoms with E-state index in [2.05, 4.69) is 27.0 Å². The highest BCUT2D eigenvalue weighted by molar-refractivity contribution is 7.08. The van der Waals surface area contributed by atoms with Crippen molar-refractivity contribution in [1.29, 1.82) is 0 Å². The van der Waals surface area contributed by atoms with Crippen LogP contribution in [0.15, 0.2) is 24.3 Å². The Kier molecular flexibility index (Phi) is 7.40. The van der Waals surface area contributed by atoms with Crippen LogP contribution in [0.1, 0.15) is 66.4 Å². The van der Waals surface area contributed by atoms with E-state index in [-0.39, 0.29) is 11.8 Å². The third-order valence-corrected chi connectivity index (χ3v) is 7.55. The number of carbonyl (C=O) groups excluding carboxylic acids is 2. The number of likely N-dealkylation sites (tertiary alicyclic amines) is 1. The molecule has 1 fully saturated rings. The number of hydrogen-bond donors (Lipinski definition) is 1. The van der Waals surface area contributed by atoms with Crippen LogP contribution in [0.5, 0.6) is 5.75 Å². The zero-order valence-corrected chi connectivity index (χ0v) is 19.6. The fourth-order valence-corrected chi connectivity index (χ4v) is 5.51. The molecule has 1 aromatic carbocycles. The number of fused-ring (bicyclic) bond motifs is 1. The molecule has 172 valence electrons. The van der Waals surface area contributed by atoms with Crippen LogP contribution < -0.4 is 10.1 Å². The molecule has 1 spiro atoms. The molecular formula is C24H32N4O3S. The summed E-state index contributed by atoms with van der Waals surface area (Å²) in [5, 5.41) is 7.19. The number of aryl methyl sites for hydroxylation is 2. The number of rotatable bonds is 2. The molecule has 0 radical (unpaired) electrons. The van der Waals surface area contributed by atoms with Crippen molar-refractivity contribution in [3.05, 3.63) is 40.4 Å². The molecular weight excluding hydrogens is 424 g/mol. The first-order valence-electron chi connectivity index (χ1n) is 11.7. The number of para-hydroxylation sites is 1. The number of amides is 2. The van der Waals surface area contributed by atoms with Crippen molar-refractivity contribution in [3.63, 3.8) is 0 Å². The van der Waals surface area contributed by atoms with Crippen molar-refractivity contribution in [2.24, 2.45) is 5.41 Å². The Bertz CT molecular complexity index is 937. The van der Waals surface area contributed by atoms with Crippen LogP contribution in [0.25, 0.3) is 0 Å². The summed E-state index contributed by atoms with van der Waals surface area (Å²) >= 11 is 1.17. The van der Waals surface area contributed by atoms with Gasteiger partial charge in [-0.1, -0.05) is 42.5 Å². The van der Waals surface area contributed by atoms with Crippen molar-refractivity contribution < 1.29 is 14.3 Å². The Morgan fingerprint density at radius 3 is 2.81 bits per heavy atom. The zero-order chi connectivity index (χ0) is 22.4. The van der Waals surface area contributed by atoms with Crippen molar-refractivity contribution in [1.82, 2.24) is 19.8 Å². The summed E-state index contributed by atoms with van der Waals surface area (Å²) in [4.78, 5) is 28.7.